The number of likely N-dealkylation sites (N-methyl/N-ethyl adjacent to an activating group) is 1. The Bertz CT molecular complexity index is 192. The Hall–Kier alpha value is -0.570. The average Bonchev–Trinajstić information content (AvgIpc) is 2.18. The standard InChI is InChI=1S/C11H21NO2/c1-4-11(13)14-10-8-6-5-7-9(10)12(2)3/h9-10H,4-8H2,1-3H3/t9-,10-/m0/s1. The molecule has 0 amide bonds. The summed E-state index contributed by atoms with van der Waals surface area (Å²) in [7, 11) is 4.12. The third kappa shape index (κ3) is 2.98. The van der Waals surface area contributed by atoms with E-state index in [-0.39, 0.29) is 12.1 Å². The Balaban J connectivity index is 2.49. The normalized spacial score (nSPS) is 27.7. The minimum atomic E-state index is -0.0660. The molecule has 1 rings (SSSR count). The molecule has 1 aliphatic carbocycles. The fourth-order valence-corrected chi connectivity index (χ4v) is 2.06. The maximum absolute atomic E-state index is 11.2. The largest absolute Gasteiger partial charge is 0.461 e. The predicted octanol–water partition coefficient (Wildman–Crippen LogP) is 1.81. The maximum Gasteiger partial charge on any atom is 0.305 e. The van der Waals surface area contributed by atoms with Crippen molar-refractivity contribution in [3.63, 3.8) is 0 Å². The summed E-state index contributed by atoms with van der Waals surface area (Å²) in [6, 6.07) is 0.416. The van der Waals surface area contributed by atoms with Gasteiger partial charge in [-0.2, -0.15) is 0 Å². The fourth-order valence-electron chi connectivity index (χ4n) is 2.06. The molecule has 0 aromatic heterocycles. The van der Waals surface area contributed by atoms with E-state index in [1.165, 1.54) is 12.8 Å². The predicted molar refractivity (Wildman–Crippen MR) is 56.1 cm³/mol. The van der Waals surface area contributed by atoms with Crippen LogP contribution in [0.3, 0.4) is 0 Å². The number of carbonyl (C=O) groups is 1. The van der Waals surface area contributed by atoms with Gasteiger partial charge >= 0.3 is 5.97 Å². The Morgan fingerprint density at radius 2 is 2.00 bits per heavy atom. The van der Waals surface area contributed by atoms with Crippen molar-refractivity contribution in [1.29, 1.82) is 0 Å². The second-order valence-electron chi connectivity index (χ2n) is 4.20. The second-order valence-corrected chi connectivity index (χ2v) is 4.20. The molecule has 0 aliphatic heterocycles. The molecule has 0 N–H and O–H groups in total. The number of hydrogen-bond donors (Lipinski definition) is 0. The van der Waals surface area contributed by atoms with Gasteiger partial charge < -0.3 is 9.64 Å². The summed E-state index contributed by atoms with van der Waals surface area (Å²) in [5.41, 5.74) is 0. The molecule has 14 heavy (non-hydrogen) atoms. The molecule has 0 radical (unpaired) electrons. The summed E-state index contributed by atoms with van der Waals surface area (Å²) in [5, 5.41) is 0. The Morgan fingerprint density at radius 3 is 2.57 bits per heavy atom. The molecule has 3 heteroatoms. The van der Waals surface area contributed by atoms with Gasteiger partial charge in [-0.3, -0.25) is 4.79 Å². The molecule has 3 nitrogen and oxygen atoms in total. The van der Waals surface area contributed by atoms with E-state index in [4.69, 9.17) is 4.74 Å². The van der Waals surface area contributed by atoms with E-state index in [0.717, 1.165) is 12.8 Å². The van der Waals surface area contributed by atoms with Gasteiger partial charge in [0.15, 0.2) is 0 Å². The Labute approximate surface area is 86.4 Å². The highest BCUT2D eigenvalue weighted by Gasteiger charge is 2.29. The smallest absolute Gasteiger partial charge is 0.305 e. The molecule has 0 spiro atoms. The number of esters is 1. The SMILES string of the molecule is CCC(=O)O[C@H]1CCCC[C@@H]1N(C)C. The lowest BCUT2D eigenvalue weighted by molar-refractivity contribution is -0.153. The van der Waals surface area contributed by atoms with E-state index >= 15 is 0 Å². The van der Waals surface area contributed by atoms with Gasteiger partial charge in [0.25, 0.3) is 0 Å². The van der Waals surface area contributed by atoms with Gasteiger partial charge in [0, 0.05) is 12.5 Å². The zero-order valence-electron chi connectivity index (χ0n) is 9.45. The van der Waals surface area contributed by atoms with E-state index in [0.29, 0.717) is 12.5 Å². The molecule has 1 saturated carbocycles. The molecule has 2 atom stereocenters. The first-order valence-electron chi connectivity index (χ1n) is 5.51. The highest BCUT2D eigenvalue weighted by molar-refractivity contribution is 5.69. The molecule has 0 aromatic carbocycles. The minimum Gasteiger partial charge on any atom is -0.461 e. The monoisotopic (exact) mass is 199 g/mol. The maximum atomic E-state index is 11.2. The van der Waals surface area contributed by atoms with E-state index in [2.05, 4.69) is 19.0 Å². The number of hydrogen-bond acceptors (Lipinski definition) is 3. The lowest BCUT2D eigenvalue weighted by Crippen LogP contribution is -2.43. The number of carbonyl (C=O) groups excluding carboxylic acids is 1. The summed E-state index contributed by atoms with van der Waals surface area (Å²) in [4.78, 5) is 13.4. The van der Waals surface area contributed by atoms with E-state index in [9.17, 15) is 4.79 Å². The van der Waals surface area contributed by atoms with Crippen LogP contribution in [0.15, 0.2) is 0 Å². The number of nitrogens with zero attached hydrogens (tertiary/aromatic N) is 1. The Morgan fingerprint density at radius 1 is 1.36 bits per heavy atom. The second kappa shape index (κ2) is 5.35. The molecule has 0 heterocycles. The van der Waals surface area contributed by atoms with Gasteiger partial charge in [-0.25, -0.2) is 0 Å². The van der Waals surface area contributed by atoms with E-state index in [1.54, 1.807) is 0 Å². The van der Waals surface area contributed by atoms with Gasteiger partial charge in [-0.05, 0) is 33.4 Å². The van der Waals surface area contributed by atoms with Crippen LogP contribution in [-0.4, -0.2) is 37.1 Å². The first-order chi connectivity index (χ1) is 6.65. The van der Waals surface area contributed by atoms with Crippen molar-refractivity contribution >= 4 is 5.97 Å². The van der Waals surface area contributed by atoms with Crippen LogP contribution in [0.1, 0.15) is 39.0 Å². The lowest BCUT2D eigenvalue weighted by Gasteiger charge is -2.35. The van der Waals surface area contributed by atoms with Crippen LogP contribution in [0.25, 0.3) is 0 Å². The summed E-state index contributed by atoms with van der Waals surface area (Å²) < 4.78 is 5.43. The van der Waals surface area contributed by atoms with Gasteiger partial charge in [0.1, 0.15) is 6.10 Å². The number of rotatable bonds is 3. The summed E-state index contributed by atoms with van der Waals surface area (Å²) in [6.07, 6.45) is 5.21. The van der Waals surface area contributed by atoms with Crippen molar-refractivity contribution in [2.24, 2.45) is 0 Å². The fraction of sp³-hybridized carbons (Fsp3) is 0.909. The van der Waals surface area contributed by atoms with Crippen molar-refractivity contribution in [1.82, 2.24) is 4.90 Å². The quantitative estimate of drug-likeness (QED) is 0.649. The van der Waals surface area contributed by atoms with E-state index in [1.807, 2.05) is 6.92 Å². The molecule has 1 fully saturated rings. The van der Waals surface area contributed by atoms with Crippen LogP contribution in [0.4, 0.5) is 0 Å². The summed E-state index contributed by atoms with van der Waals surface area (Å²) in [5.74, 6) is -0.0660. The highest BCUT2D eigenvalue weighted by atomic mass is 16.5. The van der Waals surface area contributed by atoms with Crippen LogP contribution in [0, 0.1) is 0 Å². The van der Waals surface area contributed by atoms with Crippen molar-refractivity contribution in [2.45, 2.75) is 51.2 Å². The minimum absolute atomic E-state index is 0.0660. The average molecular weight is 199 g/mol. The number of ether oxygens (including phenoxy) is 1. The van der Waals surface area contributed by atoms with Crippen molar-refractivity contribution < 1.29 is 9.53 Å². The van der Waals surface area contributed by atoms with Crippen molar-refractivity contribution in [3.05, 3.63) is 0 Å². The van der Waals surface area contributed by atoms with Gasteiger partial charge in [0.2, 0.25) is 0 Å². The topological polar surface area (TPSA) is 29.5 Å². The molecule has 0 saturated heterocycles. The molecule has 0 aromatic rings. The summed E-state index contributed by atoms with van der Waals surface area (Å²) >= 11 is 0. The third-order valence-electron chi connectivity index (χ3n) is 2.90. The molecule has 0 bridgehead atoms. The van der Waals surface area contributed by atoms with Crippen LogP contribution in [-0.2, 0) is 9.53 Å². The molecule has 1 aliphatic rings. The van der Waals surface area contributed by atoms with E-state index < -0.39 is 0 Å². The van der Waals surface area contributed by atoms with Gasteiger partial charge in [-0.1, -0.05) is 13.3 Å². The molecular weight excluding hydrogens is 178 g/mol. The van der Waals surface area contributed by atoms with Crippen molar-refractivity contribution in [2.75, 3.05) is 14.1 Å². The van der Waals surface area contributed by atoms with Crippen LogP contribution < -0.4 is 0 Å². The Kier molecular flexibility index (Phi) is 4.39. The third-order valence-corrected chi connectivity index (χ3v) is 2.90. The zero-order chi connectivity index (χ0) is 10.6. The first-order valence-corrected chi connectivity index (χ1v) is 5.51. The van der Waals surface area contributed by atoms with Gasteiger partial charge in [-0.15, -0.1) is 0 Å². The summed E-state index contributed by atoms with van der Waals surface area (Å²) in [6.45, 7) is 1.84. The highest BCUT2D eigenvalue weighted by Crippen LogP contribution is 2.24. The molecule has 82 valence electrons. The van der Waals surface area contributed by atoms with Crippen LogP contribution in [0.2, 0.25) is 0 Å². The van der Waals surface area contributed by atoms with Crippen LogP contribution >= 0.6 is 0 Å². The lowest BCUT2D eigenvalue weighted by atomic mass is 9.91. The first kappa shape index (κ1) is 11.5. The molecule has 0 unspecified atom stereocenters. The van der Waals surface area contributed by atoms with Crippen molar-refractivity contribution in [3.8, 4) is 0 Å². The zero-order valence-corrected chi connectivity index (χ0v) is 9.45. The molecular formula is C11H21NO2. The van der Waals surface area contributed by atoms with Crippen LogP contribution in [0.5, 0.6) is 0 Å². The van der Waals surface area contributed by atoms with Gasteiger partial charge in [0.05, 0.1) is 0 Å².